The van der Waals surface area contributed by atoms with E-state index in [4.69, 9.17) is 5.73 Å². The van der Waals surface area contributed by atoms with Crippen LogP contribution in [0.2, 0.25) is 0 Å². The summed E-state index contributed by atoms with van der Waals surface area (Å²) < 4.78 is 3.19. The number of aromatic nitrogens is 6. The number of H-pyrrole nitrogens is 2. The van der Waals surface area contributed by atoms with Crippen molar-refractivity contribution in [3.63, 3.8) is 0 Å². The van der Waals surface area contributed by atoms with Gasteiger partial charge in [-0.05, 0) is 53.5 Å². The third-order valence-electron chi connectivity index (χ3n) is 6.42. The molecular formula is C29H23N8O2+. The van der Waals surface area contributed by atoms with Gasteiger partial charge in [-0.15, -0.1) is 4.52 Å². The molecule has 6 rings (SSSR count). The van der Waals surface area contributed by atoms with Crippen LogP contribution in [0.15, 0.2) is 90.1 Å². The molecule has 10 nitrogen and oxygen atoms in total. The summed E-state index contributed by atoms with van der Waals surface area (Å²) in [7, 11) is 0. The van der Waals surface area contributed by atoms with Crippen LogP contribution in [0, 0.1) is 11.8 Å². The Kier molecular flexibility index (Phi) is 5.86. The van der Waals surface area contributed by atoms with Crippen LogP contribution in [0.1, 0.15) is 40.3 Å². The van der Waals surface area contributed by atoms with E-state index in [1.54, 1.807) is 39.8 Å². The number of hydrogen-bond donors (Lipinski definition) is 4. The minimum Gasteiger partial charge on any atom is -0.382 e. The van der Waals surface area contributed by atoms with Gasteiger partial charge in [0.15, 0.2) is 11.4 Å². The highest BCUT2D eigenvalue weighted by Gasteiger charge is 2.27. The second-order valence-corrected chi connectivity index (χ2v) is 8.94. The molecule has 1 atom stereocenters. The Bertz CT molecular complexity index is 1960. The van der Waals surface area contributed by atoms with Gasteiger partial charge in [-0.3, -0.25) is 19.3 Å². The monoisotopic (exact) mass is 515 g/mol. The van der Waals surface area contributed by atoms with Crippen molar-refractivity contribution in [2.24, 2.45) is 0 Å². The van der Waals surface area contributed by atoms with Gasteiger partial charge in [0.1, 0.15) is 18.1 Å². The van der Waals surface area contributed by atoms with E-state index in [9.17, 15) is 9.59 Å². The fraction of sp³-hybridized carbons (Fsp3) is 0.0690. The first-order chi connectivity index (χ1) is 19.0. The Labute approximate surface area is 222 Å². The summed E-state index contributed by atoms with van der Waals surface area (Å²) in [6.07, 6.45) is 4.93. The summed E-state index contributed by atoms with van der Waals surface area (Å²) in [5.74, 6) is 5.90. The van der Waals surface area contributed by atoms with Gasteiger partial charge in [0, 0.05) is 29.2 Å². The molecule has 0 saturated carbocycles. The number of amides is 1. The molecule has 39 heavy (non-hydrogen) atoms. The number of fused-ring (bicyclic) bond motifs is 2. The van der Waals surface area contributed by atoms with Crippen molar-refractivity contribution in [3.05, 3.63) is 118 Å². The van der Waals surface area contributed by atoms with Crippen LogP contribution in [-0.4, -0.2) is 30.8 Å². The first-order valence-electron chi connectivity index (χ1n) is 12.2. The van der Waals surface area contributed by atoms with Gasteiger partial charge in [-0.25, -0.2) is 5.10 Å². The second-order valence-electron chi connectivity index (χ2n) is 8.94. The van der Waals surface area contributed by atoms with Crippen LogP contribution in [-0.2, 0) is 0 Å². The average molecular weight is 516 g/mol. The summed E-state index contributed by atoms with van der Waals surface area (Å²) in [6.45, 7) is 1.82. The van der Waals surface area contributed by atoms with Crippen LogP contribution >= 0.6 is 0 Å². The zero-order valence-electron chi connectivity index (χ0n) is 20.8. The molecule has 190 valence electrons. The lowest BCUT2D eigenvalue weighted by molar-refractivity contribution is -0.577. The normalized spacial score (nSPS) is 11.7. The quantitative estimate of drug-likeness (QED) is 0.211. The van der Waals surface area contributed by atoms with E-state index in [2.05, 4.69) is 37.4 Å². The largest absolute Gasteiger partial charge is 0.382 e. The lowest BCUT2D eigenvalue weighted by atomic mass is 10.0. The predicted molar refractivity (Wildman–Crippen MR) is 146 cm³/mol. The molecule has 6 aromatic rings. The second kappa shape index (κ2) is 9.64. The zero-order valence-corrected chi connectivity index (χ0v) is 20.8. The van der Waals surface area contributed by atoms with Crippen molar-refractivity contribution in [2.45, 2.75) is 13.0 Å². The number of nitrogens with zero attached hydrogens (tertiary/aromatic N) is 4. The van der Waals surface area contributed by atoms with Crippen molar-refractivity contribution < 1.29 is 9.31 Å². The molecule has 0 fully saturated rings. The summed E-state index contributed by atoms with van der Waals surface area (Å²) >= 11 is 0. The van der Waals surface area contributed by atoms with Gasteiger partial charge >= 0.3 is 5.65 Å². The fourth-order valence-corrected chi connectivity index (χ4v) is 4.63. The molecule has 0 aliphatic heterocycles. The Morgan fingerprint density at radius 1 is 1.08 bits per heavy atom. The molecule has 0 radical (unpaired) electrons. The number of nitrogens with one attached hydrogen (secondary N) is 3. The molecule has 10 heteroatoms. The standard InChI is InChI=1S/C29H22N8O2/c1-18(33-28(38)25-26(30)35-36-16-6-14-31-27(25)36)23-17-20-8-5-7-19(11-12-21-13-15-32-34-21)24(20)29(39)37(23)22-9-3-2-4-10-22/h2-10,13-18H,1H3,(H4,30,32,33,34,35,38,39)/p+1. The molecule has 0 aliphatic carbocycles. The maximum atomic E-state index is 14.1. The Morgan fingerprint density at radius 3 is 2.72 bits per heavy atom. The van der Waals surface area contributed by atoms with Crippen molar-refractivity contribution in [3.8, 4) is 17.5 Å². The van der Waals surface area contributed by atoms with Gasteiger partial charge in [-0.2, -0.15) is 5.10 Å². The maximum Gasteiger partial charge on any atom is 0.362 e. The Morgan fingerprint density at radius 2 is 1.92 bits per heavy atom. The number of benzene rings is 2. The number of hydrogen-bond acceptors (Lipinski definition) is 5. The Hall–Kier alpha value is -5.69. The lowest BCUT2D eigenvalue weighted by Crippen LogP contribution is -2.33. The maximum absolute atomic E-state index is 14.1. The highest BCUT2D eigenvalue weighted by atomic mass is 16.2. The number of carbonyl (C=O) groups is 1. The van der Waals surface area contributed by atoms with E-state index in [-0.39, 0.29) is 16.9 Å². The van der Waals surface area contributed by atoms with Gasteiger partial charge in [0.2, 0.25) is 0 Å². The van der Waals surface area contributed by atoms with E-state index in [1.165, 1.54) is 0 Å². The van der Waals surface area contributed by atoms with Crippen LogP contribution in [0.5, 0.6) is 0 Å². The van der Waals surface area contributed by atoms with E-state index in [1.807, 2.05) is 61.5 Å². The van der Waals surface area contributed by atoms with Crippen molar-refractivity contribution in [1.82, 2.24) is 30.2 Å². The molecule has 0 aliphatic rings. The van der Waals surface area contributed by atoms with Crippen molar-refractivity contribution >= 4 is 28.1 Å². The predicted octanol–water partition coefficient (Wildman–Crippen LogP) is 2.65. The van der Waals surface area contributed by atoms with Crippen LogP contribution < -0.4 is 21.1 Å². The number of pyridine rings is 1. The minimum atomic E-state index is -0.562. The number of nitrogens with two attached hydrogens (primary N) is 1. The van der Waals surface area contributed by atoms with Crippen LogP contribution in [0.3, 0.4) is 0 Å². The molecule has 1 unspecified atom stereocenters. The number of para-hydroxylation sites is 1. The fourth-order valence-electron chi connectivity index (χ4n) is 4.63. The SMILES string of the molecule is CC(NC(=O)c1c(N)[nH][n+]2cccnc12)c1cc2cccc(C#Cc3ccn[nH]3)c2c(=O)n1-c1ccccc1. The van der Waals surface area contributed by atoms with Gasteiger partial charge in [0.05, 0.1) is 11.4 Å². The lowest BCUT2D eigenvalue weighted by Gasteiger charge is -2.21. The van der Waals surface area contributed by atoms with E-state index in [0.29, 0.717) is 39.1 Å². The summed E-state index contributed by atoms with van der Waals surface area (Å²) in [4.78, 5) is 31.8. The molecular weight excluding hydrogens is 492 g/mol. The summed E-state index contributed by atoms with van der Waals surface area (Å²) in [6, 6.07) is 19.7. The van der Waals surface area contributed by atoms with Gasteiger partial charge in [0.25, 0.3) is 11.5 Å². The van der Waals surface area contributed by atoms with E-state index < -0.39 is 11.9 Å². The number of carbonyl (C=O) groups excluding carboxylic acids is 1. The zero-order chi connectivity index (χ0) is 26.9. The number of nitrogen functional groups attached to an aromatic ring is 1. The molecule has 1 amide bonds. The van der Waals surface area contributed by atoms with Crippen molar-refractivity contribution in [2.75, 3.05) is 5.73 Å². The van der Waals surface area contributed by atoms with Gasteiger partial charge in [-0.1, -0.05) is 36.3 Å². The van der Waals surface area contributed by atoms with Crippen LogP contribution in [0.4, 0.5) is 5.82 Å². The first-order valence-corrected chi connectivity index (χ1v) is 12.2. The highest BCUT2D eigenvalue weighted by molar-refractivity contribution is 6.03. The molecule has 0 spiro atoms. The van der Waals surface area contributed by atoms with Gasteiger partial charge < -0.3 is 11.1 Å². The third-order valence-corrected chi connectivity index (χ3v) is 6.42. The van der Waals surface area contributed by atoms with E-state index in [0.717, 1.165) is 0 Å². The number of anilines is 1. The highest BCUT2D eigenvalue weighted by Crippen LogP contribution is 2.24. The molecule has 2 aromatic carbocycles. The molecule has 4 aromatic heterocycles. The van der Waals surface area contributed by atoms with E-state index >= 15 is 0 Å². The van der Waals surface area contributed by atoms with Crippen molar-refractivity contribution in [1.29, 1.82) is 0 Å². The topological polar surface area (TPSA) is 139 Å². The van der Waals surface area contributed by atoms with Crippen LogP contribution in [0.25, 0.3) is 22.1 Å². The number of rotatable bonds is 4. The average Bonchev–Trinajstić information content (AvgIpc) is 3.59. The third kappa shape index (κ3) is 4.28. The summed E-state index contributed by atoms with van der Waals surface area (Å²) in [5, 5.41) is 13.8. The number of aromatic amines is 2. The summed E-state index contributed by atoms with van der Waals surface area (Å²) in [5.41, 5.74) is 9.01. The minimum absolute atomic E-state index is 0.192. The Balaban J connectivity index is 1.48. The molecule has 5 N–H and O–H groups in total. The molecule has 0 saturated heterocycles. The smallest absolute Gasteiger partial charge is 0.362 e. The molecule has 0 bridgehead atoms. The molecule has 4 heterocycles. The first kappa shape index (κ1) is 23.7.